The van der Waals surface area contributed by atoms with E-state index in [0.717, 1.165) is 19.5 Å². The van der Waals surface area contributed by atoms with Gasteiger partial charge in [-0.1, -0.05) is 32.9 Å². The summed E-state index contributed by atoms with van der Waals surface area (Å²) in [6.07, 6.45) is 1.11. The predicted molar refractivity (Wildman–Crippen MR) is 83.9 cm³/mol. The van der Waals surface area contributed by atoms with Crippen molar-refractivity contribution in [1.82, 2.24) is 5.32 Å². The first-order valence-corrected chi connectivity index (χ1v) is 7.53. The van der Waals surface area contributed by atoms with Crippen LogP contribution in [-0.2, 0) is 6.42 Å². The van der Waals surface area contributed by atoms with Crippen LogP contribution in [0, 0.1) is 5.92 Å². The van der Waals surface area contributed by atoms with Crippen molar-refractivity contribution < 1.29 is 0 Å². The van der Waals surface area contributed by atoms with Crippen molar-refractivity contribution in [3.63, 3.8) is 0 Å². The summed E-state index contributed by atoms with van der Waals surface area (Å²) in [5.41, 5.74) is 2.97. The molecular weight excluding hydrogens is 232 g/mol. The quantitative estimate of drug-likeness (QED) is 0.895. The van der Waals surface area contributed by atoms with Crippen LogP contribution in [-0.4, -0.2) is 24.7 Å². The van der Waals surface area contributed by atoms with E-state index in [-0.39, 0.29) is 5.54 Å². The molecule has 0 spiro atoms. The van der Waals surface area contributed by atoms with E-state index >= 15 is 0 Å². The molecule has 1 unspecified atom stereocenters. The topological polar surface area (TPSA) is 15.3 Å². The van der Waals surface area contributed by atoms with Gasteiger partial charge < -0.3 is 10.2 Å². The van der Waals surface area contributed by atoms with Gasteiger partial charge in [-0.25, -0.2) is 0 Å². The van der Waals surface area contributed by atoms with E-state index in [2.05, 4.69) is 69.1 Å². The summed E-state index contributed by atoms with van der Waals surface area (Å²) < 4.78 is 0. The molecular formula is C17H28N2. The molecule has 0 saturated carbocycles. The highest BCUT2D eigenvalue weighted by atomic mass is 15.3. The Kier molecular flexibility index (Phi) is 4.19. The van der Waals surface area contributed by atoms with Crippen molar-refractivity contribution >= 4 is 5.69 Å². The van der Waals surface area contributed by atoms with Gasteiger partial charge in [0.05, 0.1) is 0 Å². The zero-order valence-corrected chi connectivity index (χ0v) is 13.0. The van der Waals surface area contributed by atoms with Crippen LogP contribution < -0.4 is 10.2 Å². The number of hydrogen-bond donors (Lipinski definition) is 1. The van der Waals surface area contributed by atoms with Gasteiger partial charge in [-0.2, -0.15) is 0 Å². The average molecular weight is 260 g/mol. The zero-order chi connectivity index (χ0) is 14.0. The van der Waals surface area contributed by atoms with Crippen molar-refractivity contribution in [2.45, 2.75) is 52.6 Å². The van der Waals surface area contributed by atoms with Crippen molar-refractivity contribution in [3.8, 4) is 0 Å². The largest absolute Gasteiger partial charge is 0.365 e. The minimum Gasteiger partial charge on any atom is -0.365 e. The van der Waals surface area contributed by atoms with Gasteiger partial charge in [0.1, 0.15) is 0 Å². The van der Waals surface area contributed by atoms with E-state index in [4.69, 9.17) is 0 Å². The number of rotatable bonds is 3. The minimum absolute atomic E-state index is 0.189. The third kappa shape index (κ3) is 3.30. The molecule has 1 fully saturated rings. The molecule has 0 amide bonds. The van der Waals surface area contributed by atoms with Gasteiger partial charge in [0.15, 0.2) is 0 Å². The number of piperazine rings is 1. The highest BCUT2D eigenvalue weighted by molar-refractivity contribution is 5.50. The molecule has 1 atom stereocenters. The molecule has 1 heterocycles. The second kappa shape index (κ2) is 5.54. The van der Waals surface area contributed by atoms with E-state index in [0.29, 0.717) is 12.0 Å². The van der Waals surface area contributed by atoms with Crippen molar-refractivity contribution in [3.05, 3.63) is 29.8 Å². The molecule has 1 aromatic carbocycles. The molecule has 1 aliphatic rings. The lowest BCUT2D eigenvalue weighted by molar-refractivity contribution is 0.277. The maximum absolute atomic E-state index is 3.67. The fourth-order valence-corrected chi connectivity index (χ4v) is 2.89. The van der Waals surface area contributed by atoms with Gasteiger partial charge in [0.25, 0.3) is 0 Å². The SMILES string of the molecule is CCc1ccc(N2CC(C)(C)NCC2C(C)C)cc1. The highest BCUT2D eigenvalue weighted by Crippen LogP contribution is 2.27. The lowest BCUT2D eigenvalue weighted by atomic mass is 9.92. The number of benzene rings is 1. The molecule has 0 aromatic heterocycles. The molecule has 1 aliphatic heterocycles. The summed E-state index contributed by atoms with van der Waals surface area (Å²) in [5, 5.41) is 3.67. The molecule has 1 N–H and O–H groups in total. The first-order valence-electron chi connectivity index (χ1n) is 7.53. The Balaban J connectivity index is 2.25. The van der Waals surface area contributed by atoms with Gasteiger partial charge in [-0.3, -0.25) is 0 Å². The van der Waals surface area contributed by atoms with Crippen LogP contribution in [0.3, 0.4) is 0 Å². The van der Waals surface area contributed by atoms with Crippen LogP contribution >= 0.6 is 0 Å². The van der Waals surface area contributed by atoms with Crippen LogP contribution in [0.15, 0.2) is 24.3 Å². The first kappa shape index (κ1) is 14.4. The van der Waals surface area contributed by atoms with Crippen molar-refractivity contribution in [2.75, 3.05) is 18.0 Å². The summed E-state index contributed by atoms with van der Waals surface area (Å²) in [4.78, 5) is 2.58. The number of anilines is 1. The monoisotopic (exact) mass is 260 g/mol. The van der Waals surface area contributed by atoms with E-state index < -0.39 is 0 Å². The summed E-state index contributed by atoms with van der Waals surface area (Å²) in [5.74, 6) is 0.662. The Bertz CT molecular complexity index is 406. The van der Waals surface area contributed by atoms with Crippen molar-refractivity contribution in [1.29, 1.82) is 0 Å². The van der Waals surface area contributed by atoms with Crippen LogP contribution in [0.2, 0.25) is 0 Å². The number of hydrogen-bond acceptors (Lipinski definition) is 2. The average Bonchev–Trinajstić information content (AvgIpc) is 2.37. The Labute approximate surface area is 118 Å². The standard InChI is InChI=1S/C17H28N2/c1-6-14-7-9-15(10-8-14)19-12-17(4,5)18-11-16(19)13(2)3/h7-10,13,16,18H,6,11-12H2,1-5H3. The summed E-state index contributed by atoms with van der Waals surface area (Å²) in [6, 6.07) is 9.69. The molecule has 0 aliphatic carbocycles. The van der Waals surface area contributed by atoms with E-state index in [1.165, 1.54) is 11.3 Å². The molecule has 0 radical (unpaired) electrons. The number of nitrogens with zero attached hydrogens (tertiary/aromatic N) is 1. The third-order valence-electron chi connectivity index (χ3n) is 4.20. The maximum atomic E-state index is 3.67. The van der Waals surface area contributed by atoms with Crippen LogP contribution in [0.25, 0.3) is 0 Å². The maximum Gasteiger partial charge on any atom is 0.0438 e. The lowest BCUT2D eigenvalue weighted by Crippen LogP contribution is -2.63. The Morgan fingerprint density at radius 3 is 2.42 bits per heavy atom. The number of nitrogens with one attached hydrogen (secondary N) is 1. The Hall–Kier alpha value is -1.02. The Morgan fingerprint density at radius 2 is 1.89 bits per heavy atom. The smallest absolute Gasteiger partial charge is 0.0438 e. The van der Waals surface area contributed by atoms with Crippen LogP contribution in [0.5, 0.6) is 0 Å². The highest BCUT2D eigenvalue weighted by Gasteiger charge is 2.33. The molecule has 106 valence electrons. The summed E-state index contributed by atoms with van der Waals surface area (Å²) >= 11 is 0. The predicted octanol–water partition coefficient (Wildman–Crippen LogP) is 3.46. The normalized spacial score (nSPS) is 22.8. The van der Waals surface area contributed by atoms with Gasteiger partial charge in [-0.15, -0.1) is 0 Å². The van der Waals surface area contributed by atoms with Gasteiger partial charge in [0, 0.05) is 30.4 Å². The fourth-order valence-electron chi connectivity index (χ4n) is 2.89. The zero-order valence-electron chi connectivity index (χ0n) is 13.0. The summed E-state index contributed by atoms with van der Waals surface area (Å²) in [7, 11) is 0. The fraction of sp³-hybridized carbons (Fsp3) is 0.647. The second-order valence-electron chi connectivity index (χ2n) is 6.72. The minimum atomic E-state index is 0.189. The third-order valence-corrected chi connectivity index (χ3v) is 4.20. The number of aryl methyl sites for hydroxylation is 1. The Morgan fingerprint density at radius 1 is 1.26 bits per heavy atom. The lowest BCUT2D eigenvalue weighted by Gasteiger charge is -2.47. The van der Waals surface area contributed by atoms with Crippen molar-refractivity contribution in [2.24, 2.45) is 5.92 Å². The first-order chi connectivity index (χ1) is 8.93. The van der Waals surface area contributed by atoms with Gasteiger partial charge in [0.2, 0.25) is 0 Å². The molecule has 19 heavy (non-hydrogen) atoms. The molecule has 1 saturated heterocycles. The van der Waals surface area contributed by atoms with E-state index in [9.17, 15) is 0 Å². The van der Waals surface area contributed by atoms with Crippen LogP contribution in [0.4, 0.5) is 5.69 Å². The summed E-state index contributed by atoms with van der Waals surface area (Å²) in [6.45, 7) is 13.6. The van der Waals surface area contributed by atoms with Gasteiger partial charge in [-0.05, 0) is 43.9 Å². The molecule has 2 heteroatoms. The molecule has 1 aromatic rings. The van der Waals surface area contributed by atoms with E-state index in [1.54, 1.807) is 0 Å². The molecule has 0 bridgehead atoms. The molecule has 2 nitrogen and oxygen atoms in total. The van der Waals surface area contributed by atoms with Gasteiger partial charge >= 0.3 is 0 Å². The van der Waals surface area contributed by atoms with Crippen LogP contribution in [0.1, 0.15) is 40.2 Å². The second-order valence-corrected chi connectivity index (χ2v) is 6.72. The molecule has 2 rings (SSSR count). The van der Waals surface area contributed by atoms with E-state index in [1.807, 2.05) is 0 Å².